The molecule has 3 aromatic rings. The summed E-state index contributed by atoms with van der Waals surface area (Å²) in [6.07, 6.45) is 0.683. The van der Waals surface area contributed by atoms with Gasteiger partial charge < -0.3 is 13.9 Å². The second kappa shape index (κ2) is 7.17. The number of hydrogen-bond acceptors (Lipinski definition) is 5. The number of rotatable bonds is 5. The highest BCUT2D eigenvalue weighted by atomic mass is 19.1. The third kappa shape index (κ3) is 4.03. The summed E-state index contributed by atoms with van der Waals surface area (Å²) in [7, 11) is 0. The molecular formula is C19H15FO5. The third-order valence-corrected chi connectivity index (χ3v) is 3.57. The van der Waals surface area contributed by atoms with Gasteiger partial charge in [0.25, 0.3) is 0 Å². The van der Waals surface area contributed by atoms with Crippen LogP contribution >= 0.6 is 0 Å². The van der Waals surface area contributed by atoms with E-state index in [1.54, 1.807) is 12.1 Å². The summed E-state index contributed by atoms with van der Waals surface area (Å²) in [6, 6.07) is 11.7. The van der Waals surface area contributed by atoms with E-state index in [-0.39, 0.29) is 18.1 Å². The Balaban J connectivity index is 1.72. The zero-order valence-corrected chi connectivity index (χ0v) is 13.5. The molecular weight excluding hydrogens is 327 g/mol. The monoisotopic (exact) mass is 342 g/mol. The SMILES string of the molecule is CCc1cc(=O)oc2cc(OC(=O)COc3cccc(F)c3)ccc12. The zero-order valence-electron chi connectivity index (χ0n) is 13.5. The van der Waals surface area contributed by atoms with Crippen molar-refractivity contribution in [3.8, 4) is 11.5 Å². The summed E-state index contributed by atoms with van der Waals surface area (Å²) in [5, 5.41) is 0.790. The van der Waals surface area contributed by atoms with E-state index < -0.39 is 17.4 Å². The lowest BCUT2D eigenvalue weighted by atomic mass is 10.1. The maximum absolute atomic E-state index is 13.0. The first-order valence-electron chi connectivity index (χ1n) is 7.71. The summed E-state index contributed by atoms with van der Waals surface area (Å²) >= 11 is 0. The predicted octanol–water partition coefficient (Wildman–Crippen LogP) is 3.48. The van der Waals surface area contributed by atoms with Crippen molar-refractivity contribution < 1.29 is 23.1 Å². The number of halogens is 1. The molecule has 128 valence electrons. The summed E-state index contributed by atoms with van der Waals surface area (Å²) < 4.78 is 28.5. The van der Waals surface area contributed by atoms with Crippen LogP contribution < -0.4 is 15.1 Å². The van der Waals surface area contributed by atoms with E-state index in [0.717, 1.165) is 10.9 Å². The molecule has 0 atom stereocenters. The number of carbonyl (C=O) groups is 1. The molecule has 0 radical (unpaired) electrons. The van der Waals surface area contributed by atoms with Crippen LogP contribution in [0.3, 0.4) is 0 Å². The second-order valence-corrected chi connectivity index (χ2v) is 5.32. The Morgan fingerprint density at radius 2 is 1.96 bits per heavy atom. The second-order valence-electron chi connectivity index (χ2n) is 5.32. The molecule has 2 aromatic carbocycles. The molecule has 0 aliphatic carbocycles. The van der Waals surface area contributed by atoms with Crippen molar-refractivity contribution in [2.75, 3.05) is 6.61 Å². The van der Waals surface area contributed by atoms with Crippen LogP contribution in [-0.4, -0.2) is 12.6 Å². The highest BCUT2D eigenvalue weighted by Gasteiger charge is 2.10. The van der Waals surface area contributed by atoms with Gasteiger partial charge in [-0.1, -0.05) is 13.0 Å². The Kier molecular flexibility index (Phi) is 4.79. The molecule has 0 unspecified atom stereocenters. The van der Waals surface area contributed by atoms with Gasteiger partial charge in [0.2, 0.25) is 0 Å². The van der Waals surface area contributed by atoms with Crippen LogP contribution in [-0.2, 0) is 11.2 Å². The molecule has 1 heterocycles. The number of carbonyl (C=O) groups excluding carboxylic acids is 1. The molecule has 0 saturated carbocycles. The van der Waals surface area contributed by atoms with Gasteiger partial charge >= 0.3 is 11.6 Å². The van der Waals surface area contributed by atoms with Crippen LogP contribution in [0.2, 0.25) is 0 Å². The van der Waals surface area contributed by atoms with Crippen molar-refractivity contribution in [2.24, 2.45) is 0 Å². The fourth-order valence-corrected chi connectivity index (χ4v) is 2.43. The summed E-state index contributed by atoms with van der Waals surface area (Å²) in [5.41, 5.74) is 0.751. The first kappa shape index (κ1) is 16.7. The molecule has 5 nitrogen and oxygen atoms in total. The number of aryl methyl sites for hydroxylation is 1. The zero-order chi connectivity index (χ0) is 17.8. The Morgan fingerprint density at radius 3 is 2.72 bits per heavy atom. The number of ether oxygens (including phenoxy) is 2. The van der Waals surface area contributed by atoms with Gasteiger partial charge in [-0.2, -0.15) is 0 Å². The van der Waals surface area contributed by atoms with Crippen LogP contribution in [0.1, 0.15) is 12.5 Å². The van der Waals surface area contributed by atoms with Crippen LogP contribution in [0.15, 0.2) is 57.7 Å². The van der Waals surface area contributed by atoms with E-state index in [2.05, 4.69) is 0 Å². The van der Waals surface area contributed by atoms with Crippen molar-refractivity contribution in [3.63, 3.8) is 0 Å². The Hall–Kier alpha value is -3.15. The van der Waals surface area contributed by atoms with E-state index in [9.17, 15) is 14.0 Å². The van der Waals surface area contributed by atoms with E-state index in [1.165, 1.54) is 36.4 Å². The standard InChI is InChI=1S/C19H15FO5/c1-2-12-8-18(21)25-17-10-15(6-7-16(12)17)24-19(22)11-23-14-5-3-4-13(20)9-14/h3-10H,2,11H2,1H3. The molecule has 6 heteroatoms. The van der Waals surface area contributed by atoms with E-state index in [1.807, 2.05) is 6.92 Å². The van der Waals surface area contributed by atoms with Gasteiger partial charge in [0.15, 0.2) is 6.61 Å². The molecule has 1 aromatic heterocycles. The lowest BCUT2D eigenvalue weighted by molar-refractivity contribution is -0.136. The quantitative estimate of drug-likeness (QED) is 0.403. The number of esters is 1. The minimum absolute atomic E-state index is 0.231. The lowest BCUT2D eigenvalue weighted by Gasteiger charge is -2.08. The van der Waals surface area contributed by atoms with Crippen molar-refractivity contribution in [1.29, 1.82) is 0 Å². The molecule has 25 heavy (non-hydrogen) atoms. The van der Waals surface area contributed by atoms with Crippen molar-refractivity contribution >= 4 is 16.9 Å². The first-order valence-corrected chi connectivity index (χ1v) is 7.71. The Bertz CT molecular complexity index is 977. The smallest absolute Gasteiger partial charge is 0.349 e. The number of benzene rings is 2. The molecule has 0 aliphatic heterocycles. The molecule has 0 saturated heterocycles. The normalized spacial score (nSPS) is 10.6. The summed E-state index contributed by atoms with van der Waals surface area (Å²) in [5.74, 6) is -0.648. The van der Waals surface area contributed by atoms with Gasteiger partial charge in [-0.25, -0.2) is 14.0 Å². The van der Waals surface area contributed by atoms with Crippen molar-refractivity contribution in [1.82, 2.24) is 0 Å². The maximum Gasteiger partial charge on any atom is 0.349 e. The van der Waals surface area contributed by atoms with E-state index in [4.69, 9.17) is 13.9 Å². The van der Waals surface area contributed by atoms with Gasteiger partial charge in [-0.05, 0) is 36.2 Å². The van der Waals surface area contributed by atoms with Crippen molar-refractivity contribution in [3.05, 3.63) is 70.3 Å². The molecule has 0 amide bonds. The highest BCUT2D eigenvalue weighted by molar-refractivity contribution is 5.83. The minimum atomic E-state index is -0.655. The molecule has 0 aliphatic rings. The average molecular weight is 342 g/mol. The highest BCUT2D eigenvalue weighted by Crippen LogP contribution is 2.23. The Labute approximate surface area is 142 Å². The van der Waals surface area contributed by atoms with Gasteiger partial charge in [0.05, 0.1) is 0 Å². The fourth-order valence-electron chi connectivity index (χ4n) is 2.43. The first-order chi connectivity index (χ1) is 12.0. The van der Waals surface area contributed by atoms with Crippen LogP contribution in [0.5, 0.6) is 11.5 Å². The van der Waals surface area contributed by atoms with Crippen LogP contribution in [0.25, 0.3) is 11.0 Å². The molecule has 0 N–H and O–H groups in total. The topological polar surface area (TPSA) is 65.7 Å². The number of fused-ring (bicyclic) bond motifs is 1. The summed E-state index contributed by atoms with van der Waals surface area (Å²) in [6.45, 7) is 1.56. The molecule has 3 rings (SSSR count). The van der Waals surface area contributed by atoms with Gasteiger partial charge in [0.1, 0.15) is 22.9 Å². The minimum Gasteiger partial charge on any atom is -0.482 e. The molecule has 0 bridgehead atoms. The van der Waals surface area contributed by atoms with Gasteiger partial charge in [-0.3, -0.25) is 0 Å². The Morgan fingerprint density at radius 1 is 1.12 bits per heavy atom. The average Bonchev–Trinajstić information content (AvgIpc) is 2.59. The van der Waals surface area contributed by atoms with Crippen LogP contribution in [0, 0.1) is 5.82 Å². The fraction of sp³-hybridized carbons (Fsp3) is 0.158. The van der Waals surface area contributed by atoms with Crippen molar-refractivity contribution in [2.45, 2.75) is 13.3 Å². The maximum atomic E-state index is 13.0. The van der Waals surface area contributed by atoms with Gasteiger partial charge in [0, 0.05) is 23.6 Å². The number of hydrogen-bond donors (Lipinski definition) is 0. The third-order valence-electron chi connectivity index (χ3n) is 3.57. The van der Waals surface area contributed by atoms with E-state index in [0.29, 0.717) is 12.0 Å². The van der Waals surface area contributed by atoms with Gasteiger partial charge in [-0.15, -0.1) is 0 Å². The molecule has 0 spiro atoms. The summed E-state index contributed by atoms with van der Waals surface area (Å²) in [4.78, 5) is 23.4. The van der Waals surface area contributed by atoms with E-state index >= 15 is 0 Å². The largest absolute Gasteiger partial charge is 0.482 e. The lowest BCUT2D eigenvalue weighted by Crippen LogP contribution is -2.17. The molecule has 0 fully saturated rings. The predicted molar refractivity (Wildman–Crippen MR) is 89.4 cm³/mol. The van der Waals surface area contributed by atoms with Crippen LogP contribution in [0.4, 0.5) is 4.39 Å².